The molecule has 2 aromatic carbocycles. The van der Waals surface area contributed by atoms with Crippen LogP contribution in [0.25, 0.3) is 0 Å². The highest BCUT2D eigenvalue weighted by atomic mass is 35.5. The fourth-order valence-electron chi connectivity index (χ4n) is 2.74. The quantitative estimate of drug-likeness (QED) is 0.262. The Bertz CT molecular complexity index is 1130. The van der Waals surface area contributed by atoms with Gasteiger partial charge in [-0.2, -0.15) is 9.67 Å². The number of rotatable bonds is 7. The zero-order valence-corrected chi connectivity index (χ0v) is 16.6. The second kappa shape index (κ2) is 9.10. The molecule has 0 saturated heterocycles. The number of pyridine rings is 1. The molecule has 0 amide bonds. The summed E-state index contributed by atoms with van der Waals surface area (Å²) in [6, 6.07) is 16.2. The van der Waals surface area contributed by atoms with Crippen molar-refractivity contribution in [3.05, 3.63) is 103 Å². The van der Waals surface area contributed by atoms with Gasteiger partial charge in [0.25, 0.3) is 5.69 Å². The van der Waals surface area contributed by atoms with Gasteiger partial charge in [0.1, 0.15) is 11.4 Å². The Morgan fingerprint density at radius 1 is 1.07 bits per heavy atom. The van der Waals surface area contributed by atoms with E-state index < -0.39 is 15.5 Å². The van der Waals surface area contributed by atoms with Gasteiger partial charge in [-0.25, -0.2) is 0 Å². The van der Waals surface area contributed by atoms with E-state index in [1.54, 1.807) is 24.3 Å². The van der Waals surface area contributed by atoms with Crippen molar-refractivity contribution < 1.29 is 14.4 Å². The molecule has 1 aromatic heterocycles. The molecule has 0 aliphatic rings. The Labute approximate surface area is 176 Å². The van der Waals surface area contributed by atoms with Gasteiger partial charge in [0, 0.05) is 35.7 Å². The number of aromatic nitrogens is 1. The second-order valence-corrected chi connectivity index (χ2v) is 6.80. The van der Waals surface area contributed by atoms with Crippen LogP contribution >= 0.6 is 11.6 Å². The van der Waals surface area contributed by atoms with Crippen molar-refractivity contribution >= 4 is 34.4 Å². The highest BCUT2D eigenvalue weighted by molar-refractivity contribution is 6.30. The smallest absolute Gasteiger partial charge is 0.271 e. The number of nitrogens with zero attached hydrogens (tertiary/aromatic N) is 4. The van der Waals surface area contributed by atoms with Crippen LogP contribution in [0.1, 0.15) is 11.3 Å². The standard InChI is InChI=1S/C20H17ClN5O4/c1-14-4-2-3-11-24(14)13-19(15-5-7-16(21)8-6-15)23-22-18-10-9-17(25(27)28)12-20(18)26(29)30/h2-12,22H,13H2,1H3/q+1/b23-19-. The summed E-state index contributed by atoms with van der Waals surface area (Å²) in [5.74, 6) is 0. The molecule has 0 bridgehead atoms. The van der Waals surface area contributed by atoms with Crippen LogP contribution in [-0.2, 0) is 6.54 Å². The Balaban J connectivity index is 1.99. The van der Waals surface area contributed by atoms with Crippen LogP contribution in [0.5, 0.6) is 0 Å². The van der Waals surface area contributed by atoms with E-state index in [4.69, 9.17) is 11.6 Å². The van der Waals surface area contributed by atoms with Crippen LogP contribution in [0.4, 0.5) is 17.1 Å². The van der Waals surface area contributed by atoms with E-state index in [2.05, 4.69) is 10.5 Å². The predicted octanol–water partition coefficient (Wildman–Crippen LogP) is 4.27. The molecule has 0 radical (unpaired) electrons. The molecule has 10 heteroatoms. The van der Waals surface area contributed by atoms with Crippen molar-refractivity contribution in [2.75, 3.05) is 5.43 Å². The maximum absolute atomic E-state index is 11.4. The zero-order valence-electron chi connectivity index (χ0n) is 15.9. The number of aryl methyl sites for hydroxylation is 1. The van der Waals surface area contributed by atoms with Crippen molar-refractivity contribution in [3.8, 4) is 0 Å². The third-order valence-electron chi connectivity index (χ3n) is 4.37. The first-order valence-corrected chi connectivity index (χ1v) is 9.19. The largest absolute Gasteiger partial charge is 0.301 e. The van der Waals surface area contributed by atoms with Crippen molar-refractivity contribution in [3.63, 3.8) is 0 Å². The van der Waals surface area contributed by atoms with E-state index in [-0.39, 0.29) is 11.4 Å². The first-order chi connectivity index (χ1) is 14.3. The van der Waals surface area contributed by atoms with Gasteiger partial charge in [-0.15, -0.1) is 0 Å². The fourth-order valence-corrected chi connectivity index (χ4v) is 2.87. The van der Waals surface area contributed by atoms with Gasteiger partial charge in [0.2, 0.25) is 0 Å². The van der Waals surface area contributed by atoms with Crippen LogP contribution in [0.2, 0.25) is 5.02 Å². The number of non-ortho nitro benzene ring substituents is 1. The number of benzene rings is 2. The van der Waals surface area contributed by atoms with Gasteiger partial charge in [0.15, 0.2) is 18.4 Å². The molecule has 1 N–H and O–H groups in total. The minimum atomic E-state index is -0.692. The molecule has 0 fully saturated rings. The average molecular weight is 427 g/mol. The van der Waals surface area contributed by atoms with Gasteiger partial charge >= 0.3 is 5.69 Å². The van der Waals surface area contributed by atoms with Gasteiger partial charge in [-0.1, -0.05) is 29.8 Å². The number of hydrogen-bond donors (Lipinski definition) is 1. The number of anilines is 1. The molecule has 3 aromatic rings. The van der Waals surface area contributed by atoms with Gasteiger partial charge in [0.05, 0.1) is 15.9 Å². The second-order valence-electron chi connectivity index (χ2n) is 6.36. The fraction of sp³-hybridized carbons (Fsp3) is 0.100. The Kier molecular flexibility index (Phi) is 6.33. The van der Waals surface area contributed by atoms with E-state index >= 15 is 0 Å². The predicted molar refractivity (Wildman–Crippen MR) is 113 cm³/mol. The maximum atomic E-state index is 11.4. The van der Waals surface area contributed by atoms with E-state index in [9.17, 15) is 20.2 Å². The normalized spacial score (nSPS) is 11.2. The van der Waals surface area contributed by atoms with Gasteiger partial charge in [-0.3, -0.25) is 25.7 Å². The lowest BCUT2D eigenvalue weighted by Gasteiger charge is -2.08. The Hall–Kier alpha value is -3.85. The maximum Gasteiger partial charge on any atom is 0.301 e. The molecule has 0 unspecified atom stereocenters. The summed E-state index contributed by atoms with van der Waals surface area (Å²) >= 11 is 5.98. The molecular weight excluding hydrogens is 410 g/mol. The Morgan fingerprint density at radius 3 is 2.43 bits per heavy atom. The molecular formula is C20H17ClN5O4+. The van der Waals surface area contributed by atoms with E-state index in [1.807, 2.05) is 35.9 Å². The first-order valence-electron chi connectivity index (χ1n) is 8.81. The topological polar surface area (TPSA) is 115 Å². The van der Waals surface area contributed by atoms with E-state index in [1.165, 1.54) is 12.1 Å². The molecule has 152 valence electrons. The number of hydrazone groups is 1. The van der Waals surface area contributed by atoms with Crippen molar-refractivity contribution in [1.82, 2.24) is 0 Å². The monoisotopic (exact) mass is 426 g/mol. The summed E-state index contributed by atoms with van der Waals surface area (Å²) in [7, 11) is 0. The summed E-state index contributed by atoms with van der Waals surface area (Å²) in [4.78, 5) is 20.9. The summed E-state index contributed by atoms with van der Waals surface area (Å²) in [6.45, 7) is 2.34. The number of hydrogen-bond acceptors (Lipinski definition) is 6. The summed E-state index contributed by atoms with van der Waals surface area (Å²) < 4.78 is 1.97. The summed E-state index contributed by atoms with van der Waals surface area (Å²) in [5, 5.41) is 27.2. The Morgan fingerprint density at radius 2 is 1.80 bits per heavy atom. The molecule has 0 atom stereocenters. The van der Waals surface area contributed by atoms with Crippen LogP contribution < -0.4 is 9.99 Å². The molecule has 0 aliphatic carbocycles. The van der Waals surface area contributed by atoms with Crippen LogP contribution in [0.15, 0.2) is 72.0 Å². The summed E-state index contributed by atoms with van der Waals surface area (Å²) in [6.07, 6.45) is 1.90. The minimum absolute atomic E-state index is 0.0480. The lowest BCUT2D eigenvalue weighted by Crippen LogP contribution is -2.40. The van der Waals surface area contributed by atoms with Crippen molar-refractivity contribution in [2.45, 2.75) is 13.5 Å². The van der Waals surface area contributed by atoms with Crippen LogP contribution in [0, 0.1) is 27.2 Å². The molecule has 3 rings (SSSR count). The third-order valence-corrected chi connectivity index (χ3v) is 4.62. The SMILES string of the molecule is Cc1cccc[n+]1C/C(=N/Nc1ccc([N+](=O)[O-])cc1[N+](=O)[O-])c1ccc(Cl)cc1. The third kappa shape index (κ3) is 4.95. The number of nitro benzene ring substituents is 2. The van der Waals surface area contributed by atoms with Gasteiger partial charge < -0.3 is 0 Å². The molecule has 9 nitrogen and oxygen atoms in total. The zero-order chi connectivity index (χ0) is 21.7. The van der Waals surface area contributed by atoms with Crippen LogP contribution in [0.3, 0.4) is 0 Å². The molecule has 0 spiro atoms. The highest BCUT2D eigenvalue weighted by Crippen LogP contribution is 2.29. The lowest BCUT2D eigenvalue weighted by molar-refractivity contribution is -0.687. The summed E-state index contributed by atoms with van der Waals surface area (Å²) in [5.41, 5.74) is 4.30. The van der Waals surface area contributed by atoms with Gasteiger partial charge in [-0.05, 0) is 18.2 Å². The molecule has 0 saturated carbocycles. The van der Waals surface area contributed by atoms with Crippen molar-refractivity contribution in [2.24, 2.45) is 5.10 Å². The molecule has 1 heterocycles. The lowest BCUT2D eigenvalue weighted by atomic mass is 10.1. The molecule has 0 aliphatic heterocycles. The average Bonchev–Trinajstić information content (AvgIpc) is 2.73. The minimum Gasteiger partial charge on any atom is -0.271 e. The number of nitrogens with one attached hydrogen (secondary N) is 1. The highest BCUT2D eigenvalue weighted by Gasteiger charge is 2.20. The number of nitro groups is 2. The van der Waals surface area contributed by atoms with E-state index in [0.717, 1.165) is 17.3 Å². The first kappa shape index (κ1) is 20.9. The molecule has 30 heavy (non-hydrogen) atoms. The van der Waals surface area contributed by atoms with Crippen molar-refractivity contribution in [1.29, 1.82) is 0 Å². The number of halogens is 1. The van der Waals surface area contributed by atoms with Crippen LogP contribution in [-0.4, -0.2) is 15.6 Å². The van der Waals surface area contributed by atoms with E-state index in [0.29, 0.717) is 17.3 Å².